The number of carbonyl (C=O) groups is 3. The first kappa shape index (κ1) is 29.1. The van der Waals surface area contributed by atoms with Crippen molar-refractivity contribution in [3.05, 3.63) is 81.2 Å². The van der Waals surface area contributed by atoms with Gasteiger partial charge >= 0.3 is 0 Å². The average molecular weight is 575 g/mol. The van der Waals surface area contributed by atoms with Gasteiger partial charge in [-0.25, -0.2) is 0 Å². The summed E-state index contributed by atoms with van der Waals surface area (Å²) in [5.41, 5.74) is 5.35. The zero-order valence-electron chi connectivity index (χ0n) is 24.8. The first-order valence-electron chi connectivity index (χ1n) is 14.4. The minimum atomic E-state index is -0.594. The number of anilines is 1. The number of ketones is 2. The van der Waals surface area contributed by atoms with E-state index in [-0.39, 0.29) is 34.9 Å². The summed E-state index contributed by atoms with van der Waals surface area (Å²) >= 11 is 6.54. The monoisotopic (exact) mass is 574 g/mol. The average Bonchev–Trinajstić information content (AvgIpc) is 2.87. The maximum Gasteiger partial charge on any atom is 0.262 e. The second-order valence-corrected chi connectivity index (χ2v) is 13.6. The number of carbonyl (C=O) groups excluding carboxylic acids is 3. The maximum absolute atomic E-state index is 13.9. The Hall–Kier alpha value is -3.38. The summed E-state index contributed by atoms with van der Waals surface area (Å²) in [4.78, 5) is 42.9. The van der Waals surface area contributed by atoms with Gasteiger partial charge in [0.05, 0.1) is 0 Å². The molecule has 6 nitrogen and oxygen atoms in total. The van der Waals surface area contributed by atoms with Crippen molar-refractivity contribution >= 4 is 34.8 Å². The van der Waals surface area contributed by atoms with Gasteiger partial charge in [0, 0.05) is 64.1 Å². The van der Waals surface area contributed by atoms with E-state index in [1.165, 1.54) is 0 Å². The second-order valence-electron chi connectivity index (χ2n) is 13.2. The van der Waals surface area contributed by atoms with Crippen LogP contribution in [0.25, 0.3) is 0 Å². The summed E-state index contributed by atoms with van der Waals surface area (Å²) in [6.45, 7) is 13.0. The van der Waals surface area contributed by atoms with Crippen LogP contribution in [0.1, 0.15) is 77.3 Å². The van der Waals surface area contributed by atoms with Crippen LogP contribution in [0.2, 0.25) is 5.02 Å². The lowest BCUT2D eigenvalue weighted by molar-refractivity contribution is -0.120. The molecular formula is C34H39ClN2O4. The number of benzene rings is 2. The molecule has 2 aliphatic carbocycles. The zero-order chi connectivity index (χ0) is 29.7. The Balaban J connectivity index is 1.58. The van der Waals surface area contributed by atoms with Crippen LogP contribution in [0.15, 0.2) is 65.0 Å². The number of hydrogen-bond acceptors (Lipinski definition) is 5. The number of hydrogen-bond donors (Lipinski definition) is 1. The van der Waals surface area contributed by atoms with Crippen LogP contribution in [0.3, 0.4) is 0 Å². The highest BCUT2D eigenvalue weighted by molar-refractivity contribution is 6.30. The highest BCUT2D eigenvalue weighted by Crippen LogP contribution is 2.55. The SMILES string of the molecule is CCN1C2=C(C(=O)CC(C)(C)C2)C(c2cc(Cl)ccc2OCC(=O)Nc2ccc(C)cc2)C2=C1CC(C)(C)CC2=O. The Bertz CT molecular complexity index is 1430. The number of rotatable bonds is 6. The molecule has 5 rings (SSSR count). The van der Waals surface area contributed by atoms with E-state index in [1.807, 2.05) is 31.2 Å². The molecule has 2 aromatic carbocycles. The van der Waals surface area contributed by atoms with Crippen molar-refractivity contribution in [1.82, 2.24) is 4.90 Å². The van der Waals surface area contributed by atoms with Crippen LogP contribution in [0, 0.1) is 17.8 Å². The smallest absolute Gasteiger partial charge is 0.262 e. The molecule has 0 atom stereocenters. The molecule has 0 aromatic heterocycles. The first-order valence-corrected chi connectivity index (χ1v) is 14.8. The van der Waals surface area contributed by atoms with Gasteiger partial charge in [-0.05, 0) is 67.9 Å². The number of nitrogens with zero attached hydrogens (tertiary/aromatic N) is 1. The van der Waals surface area contributed by atoms with Gasteiger partial charge in [0.15, 0.2) is 18.2 Å². The third kappa shape index (κ3) is 5.85. The molecule has 1 amide bonds. The number of amides is 1. The Morgan fingerprint density at radius 3 is 2.02 bits per heavy atom. The van der Waals surface area contributed by atoms with Crippen molar-refractivity contribution in [1.29, 1.82) is 0 Å². The van der Waals surface area contributed by atoms with Gasteiger partial charge in [-0.2, -0.15) is 0 Å². The van der Waals surface area contributed by atoms with Gasteiger partial charge in [0.2, 0.25) is 0 Å². The van der Waals surface area contributed by atoms with Gasteiger partial charge in [0.25, 0.3) is 5.91 Å². The van der Waals surface area contributed by atoms with E-state index < -0.39 is 5.92 Å². The molecule has 41 heavy (non-hydrogen) atoms. The predicted molar refractivity (Wildman–Crippen MR) is 162 cm³/mol. The Morgan fingerprint density at radius 2 is 1.49 bits per heavy atom. The number of halogens is 1. The fraction of sp³-hybridized carbons (Fsp3) is 0.441. The molecular weight excluding hydrogens is 536 g/mol. The van der Waals surface area contributed by atoms with Crippen molar-refractivity contribution in [3.63, 3.8) is 0 Å². The van der Waals surface area contributed by atoms with Crippen LogP contribution in [-0.4, -0.2) is 35.5 Å². The summed E-state index contributed by atoms with van der Waals surface area (Å²) in [5.74, 6) is -0.360. The summed E-state index contributed by atoms with van der Waals surface area (Å²) in [5, 5.41) is 3.34. The summed E-state index contributed by atoms with van der Waals surface area (Å²) < 4.78 is 6.12. The van der Waals surface area contributed by atoms with Gasteiger partial charge < -0.3 is 15.0 Å². The van der Waals surface area contributed by atoms with E-state index in [2.05, 4.69) is 44.8 Å². The molecule has 1 N–H and O–H groups in total. The minimum Gasteiger partial charge on any atom is -0.483 e. The van der Waals surface area contributed by atoms with E-state index in [4.69, 9.17) is 16.3 Å². The third-order valence-electron chi connectivity index (χ3n) is 8.31. The van der Waals surface area contributed by atoms with Crippen molar-refractivity contribution in [2.24, 2.45) is 10.8 Å². The first-order chi connectivity index (χ1) is 19.3. The Kier molecular flexibility index (Phi) is 7.66. The van der Waals surface area contributed by atoms with Crippen LogP contribution in [-0.2, 0) is 14.4 Å². The van der Waals surface area contributed by atoms with Crippen LogP contribution >= 0.6 is 11.6 Å². The van der Waals surface area contributed by atoms with Crippen molar-refractivity contribution < 1.29 is 19.1 Å². The molecule has 0 saturated carbocycles. The molecule has 1 aliphatic heterocycles. The normalized spacial score (nSPS) is 20.1. The Labute approximate surface area is 247 Å². The molecule has 0 spiro atoms. The number of aryl methyl sites for hydroxylation is 1. The van der Waals surface area contributed by atoms with Crippen molar-refractivity contribution in [2.45, 2.75) is 73.1 Å². The minimum absolute atomic E-state index is 0.0481. The van der Waals surface area contributed by atoms with Crippen LogP contribution in [0.4, 0.5) is 5.69 Å². The molecule has 0 unspecified atom stereocenters. The van der Waals surface area contributed by atoms with Gasteiger partial charge in [-0.15, -0.1) is 0 Å². The van der Waals surface area contributed by atoms with Crippen molar-refractivity contribution in [3.8, 4) is 5.75 Å². The lowest BCUT2D eigenvalue weighted by atomic mass is 9.63. The zero-order valence-corrected chi connectivity index (χ0v) is 25.6. The largest absolute Gasteiger partial charge is 0.483 e. The molecule has 216 valence electrons. The number of allylic oxidation sites excluding steroid dienone is 4. The van der Waals surface area contributed by atoms with Crippen LogP contribution < -0.4 is 10.1 Å². The molecule has 1 heterocycles. The standard InChI is InChI=1S/C34H39ClN2O4/c1-7-37-24-15-33(3,4)17-26(38)31(24)30(32-25(37)16-34(5,6)18-27(32)39)23-14-21(35)10-13-28(23)41-19-29(40)36-22-11-8-20(2)9-12-22/h8-14,30H,7,15-19H2,1-6H3,(H,36,40). The summed E-state index contributed by atoms with van der Waals surface area (Å²) in [6, 6.07) is 12.8. The highest BCUT2D eigenvalue weighted by atomic mass is 35.5. The van der Waals surface area contributed by atoms with Crippen molar-refractivity contribution in [2.75, 3.05) is 18.5 Å². The number of Topliss-reactive ketones (excluding diaryl/α,β-unsaturated/α-hetero) is 2. The van der Waals surface area contributed by atoms with E-state index in [9.17, 15) is 14.4 Å². The topological polar surface area (TPSA) is 75.7 Å². The van der Waals surface area contributed by atoms with Gasteiger partial charge in [-0.1, -0.05) is 57.0 Å². The molecule has 0 radical (unpaired) electrons. The molecule has 0 bridgehead atoms. The predicted octanol–water partition coefficient (Wildman–Crippen LogP) is 7.37. The lowest BCUT2D eigenvalue weighted by Gasteiger charge is -2.49. The lowest BCUT2D eigenvalue weighted by Crippen LogP contribution is -2.44. The van der Waals surface area contributed by atoms with E-state index in [0.717, 1.165) is 29.8 Å². The second kappa shape index (κ2) is 10.8. The van der Waals surface area contributed by atoms with E-state index in [0.29, 0.717) is 52.6 Å². The Morgan fingerprint density at radius 1 is 0.927 bits per heavy atom. The third-order valence-corrected chi connectivity index (χ3v) is 8.55. The van der Waals surface area contributed by atoms with E-state index in [1.54, 1.807) is 18.2 Å². The fourth-order valence-electron chi connectivity index (χ4n) is 6.59. The number of nitrogens with one attached hydrogen (secondary N) is 1. The quantitative estimate of drug-likeness (QED) is 0.390. The molecule has 2 aromatic rings. The maximum atomic E-state index is 13.9. The van der Waals surface area contributed by atoms with E-state index >= 15 is 0 Å². The van der Waals surface area contributed by atoms with Crippen LogP contribution in [0.5, 0.6) is 5.75 Å². The molecule has 3 aliphatic rings. The summed E-state index contributed by atoms with van der Waals surface area (Å²) in [7, 11) is 0. The molecule has 0 fully saturated rings. The number of ether oxygens (including phenoxy) is 1. The molecule has 0 saturated heterocycles. The van der Waals surface area contributed by atoms with Gasteiger partial charge in [-0.3, -0.25) is 14.4 Å². The van der Waals surface area contributed by atoms with Gasteiger partial charge in [0.1, 0.15) is 5.75 Å². The summed E-state index contributed by atoms with van der Waals surface area (Å²) in [6.07, 6.45) is 2.27. The molecule has 7 heteroatoms. The highest BCUT2D eigenvalue weighted by Gasteiger charge is 2.49. The fourth-order valence-corrected chi connectivity index (χ4v) is 6.77.